The predicted octanol–water partition coefficient (Wildman–Crippen LogP) is 3.24. The van der Waals surface area contributed by atoms with Gasteiger partial charge in [0, 0.05) is 0 Å². The van der Waals surface area contributed by atoms with Crippen molar-refractivity contribution >= 4 is 0 Å². The third kappa shape index (κ3) is 2.07. The maximum Gasteiger partial charge on any atom is 0.0611 e. The molecule has 0 aromatic heterocycles. The van der Waals surface area contributed by atoms with E-state index in [2.05, 4.69) is 20.8 Å². The summed E-state index contributed by atoms with van der Waals surface area (Å²) in [6, 6.07) is 0. The Bertz CT molecular complexity index is 180. The molecule has 3 unspecified atom stereocenters. The predicted molar refractivity (Wildman–Crippen MR) is 54.6 cm³/mol. The van der Waals surface area contributed by atoms with Crippen LogP contribution in [-0.4, -0.2) is 12.7 Å². The Balaban J connectivity index is 1.94. The zero-order chi connectivity index (χ0) is 9.47. The summed E-state index contributed by atoms with van der Waals surface area (Å²) in [5.41, 5.74) is 0.433. The Labute approximate surface area is 81.9 Å². The lowest BCUT2D eigenvalue weighted by Gasteiger charge is -2.25. The molecule has 0 aromatic rings. The van der Waals surface area contributed by atoms with Gasteiger partial charge in [-0.1, -0.05) is 27.2 Å². The van der Waals surface area contributed by atoms with Crippen molar-refractivity contribution in [3.63, 3.8) is 0 Å². The Morgan fingerprint density at radius 2 is 2.00 bits per heavy atom. The number of rotatable bonds is 1. The standard InChI is InChI=1S/C12H22O/c1-12(2,3)7-11-10-6-4-5-9(10)8-13-11/h9-11H,4-8H2,1-3H3. The first kappa shape index (κ1) is 9.51. The molecule has 13 heavy (non-hydrogen) atoms. The lowest BCUT2D eigenvalue weighted by molar-refractivity contribution is 0.0527. The van der Waals surface area contributed by atoms with Gasteiger partial charge in [0.25, 0.3) is 0 Å². The van der Waals surface area contributed by atoms with Crippen molar-refractivity contribution in [2.75, 3.05) is 6.61 Å². The fourth-order valence-corrected chi connectivity index (χ4v) is 2.95. The molecule has 0 spiro atoms. The van der Waals surface area contributed by atoms with Crippen molar-refractivity contribution in [3.8, 4) is 0 Å². The van der Waals surface area contributed by atoms with Gasteiger partial charge in [-0.3, -0.25) is 0 Å². The average Bonchev–Trinajstić information content (AvgIpc) is 2.50. The summed E-state index contributed by atoms with van der Waals surface area (Å²) in [5, 5.41) is 0. The maximum atomic E-state index is 5.90. The van der Waals surface area contributed by atoms with Crippen molar-refractivity contribution in [3.05, 3.63) is 0 Å². The number of hydrogen-bond donors (Lipinski definition) is 0. The molecule has 1 heteroatoms. The second-order valence-corrected chi connectivity index (χ2v) is 5.99. The molecule has 0 bridgehead atoms. The van der Waals surface area contributed by atoms with Crippen LogP contribution in [0.1, 0.15) is 46.5 Å². The maximum absolute atomic E-state index is 5.90. The van der Waals surface area contributed by atoms with Gasteiger partial charge < -0.3 is 4.74 Å². The second kappa shape index (κ2) is 3.27. The fraction of sp³-hybridized carbons (Fsp3) is 1.00. The van der Waals surface area contributed by atoms with E-state index in [1.54, 1.807) is 0 Å². The number of ether oxygens (including phenoxy) is 1. The highest BCUT2D eigenvalue weighted by molar-refractivity contribution is 4.90. The summed E-state index contributed by atoms with van der Waals surface area (Å²) in [6.07, 6.45) is 6.11. The fourth-order valence-electron chi connectivity index (χ4n) is 2.95. The Morgan fingerprint density at radius 3 is 2.69 bits per heavy atom. The quantitative estimate of drug-likeness (QED) is 0.605. The van der Waals surface area contributed by atoms with Crippen LogP contribution in [0.15, 0.2) is 0 Å². The smallest absolute Gasteiger partial charge is 0.0611 e. The number of hydrogen-bond acceptors (Lipinski definition) is 1. The van der Waals surface area contributed by atoms with Gasteiger partial charge in [-0.15, -0.1) is 0 Å². The first-order valence-corrected chi connectivity index (χ1v) is 5.68. The molecular weight excluding hydrogens is 160 g/mol. The third-order valence-electron chi connectivity index (χ3n) is 3.53. The molecule has 0 aromatic carbocycles. The molecule has 1 saturated carbocycles. The first-order chi connectivity index (χ1) is 6.06. The van der Waals surface area contributed by atoms with Crippen LogP contribution in [0.5, 0.6) is 0 Å². The van der Waals surface area contributed by atoms with E-state index in [1.807, 2.05) is 0 Å². The Morgan fingerprint density at radius 1 is 1.23 bits per heavy atom. The van der Waals surface area contributed by atoms with Crippen molar-refractivity contribution in [2.45, 2.75) is 52.6 Å². The molecule has 1 heterocycles. The Hall–Kier alpha value is -0.0400. The highest BCUT2D eigenvalue weighted by Crippen LogP contribution is 2.43. The van der Waals surface area contributed by atoms with Gasteiger partial charge in [-0.2, -0.15) is 0 Å². The van der Waals surface area contributed by atoms with Gasteiger partial charge in [0.2, 0.25) is 0 Å². The second-order valence-electron chi connectivity index (χ2n) is 5.99. The number of fused-ring (bicyclic) bond motifs is 1. The van der Waals surface area contributed by atoms with Gasteiger partial charge in [0.1, 0.15) is 0 Å². The van der Waals surface area contributed by atoms with Gasteiger partial charge in [-0.25, -0.2) is 0 Å². The third-order valence-corrected chi connectivity index (χ3v) is 3.53. The first-order valence-electron chi connectivity index (χ1n) is 5.68. The van der Waals surface area contributed by atoms with Gasteiger partial charge >= 0.3 is 0 Å². The lowest BCUT2D eigenvalue weighted by atomic mass is 9.83. The topological polar surface area (TPSA) is 9.23 Å². The zero-order valence-corrected chi connectivity index (χ0v) is 9.18. The summed E-state index contributed by atoms with van der Waals surface area (Å²) < 4.78 is 5.90. The highest BCUT2D eigenvalue weighted by atomic mass is 16.5. The Kier molecular flexibility index (Phi) is 2.39. The molecule has 2 aliphatic rings. The molecule has 0 amide bonds. The molecule has 2 rings (SSSR count). The normalized spacial score (nSPS) is 39.5. The van der Waals surface area contributed by atoms with Crippen molar-refractivity contribution in [1.29, 1.82) is 0 Å². The van der Waals surface area contributed by atoms with Crippen LogP contribution in [-0.2, 0) is 4.74 Å². The summed E-state index contributed by atoms with van der Waals surface area (Å²) in [6.45, 7) is 8.00. The van der Waals surface area contributed by atoms with Crippen LogP contribution in [0, 0.1) is 17.3 Å². The molecule has 3 atom stereocenters. The molecular formula is C12H22O. The van der Waals surface area contributed by atoms with Crippen LogP contribution in [0.25, 0.3) is 0 Å². The van der Waals surface area contributed by atoms with Gasteiger partial charge in [0.15, 0.2) is 0 Å². The highest BCUT2D eigenvalue weighted by Gasteiger charge is 2.41. The van der Waals surface area contributed by atoms with Crippen molar-refractivity contribution < 1.29 is 4.74 Å². The van der Waals surface area contributed by atoms with E-state index in [1.165, 1.54) is 25.7 Å². The van der Waals surface area contributed by atoms with E-state index >= 15 is 0 Å². The zero-order valence-electron chi connectivity index (χ0n) is 9.18. The van der Waals surface area contributed by atoms with Crippen LogP contribution < -0.4 is 0 Å². The minimum absolute atomic E-state index is 0.433. The van der Waals surface area contributed by atoms with Gasteiger partial charge in [-0.05, 0) is 36.5 Å². The average molecular weight is 182 g/mol. The molecule has 2 fully saturated rings. The minimum Gasteiger partial charge on any atom is -0.378 e. The van der Waals surface area contributed by atoms with Crippen molar-refractivity contribution in [1.82, 2.24) is 0 Å². The molecule has 0 radical (unpaired) electrons. The van der Waals surface area contributed by atoms with Crippen LogP contribution >= 0.6 is 0 Å². The van der Waals surface area contributed by atoms with E-state index < -0.39 is 0 Å². The molecule has 1 aliphatic heterocycles. The van der Waals surface area contributed by atoms with E-state index in [9.17, 15) is 0 Å². The van der Waals surface area contributed by atoms with Crippen LogP contribution in [0.3, 0.4) is 0 Å². The monoisotopic (exact) mass is 182 g/mol. The molecule has 1 nitrogen and oxygen atoms in total. The van der Waals surface area contributed by atoms with E-state index in [4.69, 9.17) is 4.74 Å². The van der Waals surface area contributed by atoms with Crippen molar-refractivity contribution in [2.24, 2.45) is 17.3 Å². The van der Waals surface area contributed by atoms with Crippen LogP contribution in [0.4, 0.5) is 0 Å². The summed E-state index contributed by atoms with van der Waals surface area (Å²) >= 11 is 0. The summed E-state index contributed by atoms with van der Waals surface area (Å²) in [4.78, 5) is 0. The van der Waals surface area contributed by atoms with Crippen LogP contribution in [0.2, 0.25) is 0 Å². The van der Waals surface area contributed by atoms with E-state index in [0.29, 0.717) is 11.5 Å². The summed E-state index contributed by atoms with van der Waals surface area (Å²) in [7, 11) is 0. The summed E-state index contributed by atoms with van der Waals surface area (Å²) in [5.74, 6) is 1.81. The molecule has 1 saturated heterocycles. The lowest BCUT2D eigenvalue weighted by Crippen LogP contribution is -2.23. The van der Waals surface area contributed by atoms with Gasteiger partial charge in [0.05, 0.1) is 12.7 Å². The largest absolute Gasteiger partial charge is 0.378 e. The van der Waals surface area contributed by atoms with E-state index in [0.717, 1.165) is 18.4 Å². The molecule has 1 aliphatic carbocycles. The molecule has 0 N–H and O–H groups in total. The minimum atomic E-state index is 0.433. The van der Waals surface area contributed by atoms with E-state index in [-0.39, 0.29) is 0 Å². The molecule has 76 valence electrons. The SMILES string of the molecule is CC(C)(C)CC1OCC2CCCC21.